The van der Waals surface area contributed by atoms with Gasteiger partial charge in [0.25, 0.3) is 0 Å². The molecule has 1 aliphatic heterocycles. The first kappa shape index (κ1) is 13.3. The molecule has 2 aliphatic rings. The number of fused-ring (bicyclic) bond motifs is 1. The Morgan fingerprint density at radius 2 is 2.15 bits per heavy atom. The summed E-state index contributed by atoms with van der Waals surface area (Å²) in [6, 6.07) is 6.08. The van der Waals surface area contributed by atoms with Crippen LogP contribution in [0.1, 0.15) is 38.7 Å². The molecule has 3 N–H and O–H groups in total. The van der Waals surface area contributed by atoms with Gasteiger partial charge in [-0.25, -0.2) is 0 Å². The van der Waals surface area contributed by atoms with Gasteiger partial charge in [-0.2, -0.15) is 0 Å². The molecule has 1 aromatic carbocycles. The lowest BCUT2D eigenvalue weighted by Crippen LogP contribution is -2.25. The zero-order valence-corrected chi connectivity index (χ0v) is 12.2. The first-order valence-corrected chi connectivity index (χ1v) is 7.16. The van der Waals surface area contributed by atoms with E-state index in [1.807, 2.05) is 12.1 Å². The molecule has 0 saturated heterocycles. The average molecular weight is 274 g/mol. The molecule has 1 aliphatic carbocycles. The third-order valence-corrected chi connectivity index (χ3v) is 4.11. The molecule has 0 spiro atoms. The van der Waals surface area contributed by atoms with E-state index in [4.69, 9.17) is 20.6 Å². The molecule has 1 fully saturated rings. The molecule has 3 rings (SSSR count). The van der Waals surface area contributed by atoms with E-state index in [1.54, 1.807) is 0 Å². The molecule has 0 amide bonds. The van der Waals surface area contributed by atoms with Gasteiger partial charge in [0.15, 0.2) is 11.5 Å². The lowest BCUT2D eigenvalue weighted by molar-refractivity contribution is 0.129. The van der Waals surface area contributed by atoms with Crippen molar-refractivity contribution in [2.75, 3.05) is 6.61 Å². The lowest BCUT2D eigenvalue weighted by atomic mass is 10.0. The molecule has 1 aromatic rings. The zero-order chi connectivity index (χ0) is 14.4. The highest BCUT2D eigenvalue weighted by molar-refractivity contribution is 5.78. The van der Waals surface area contributed by atoms with Gasteiger partial charge in [0.1, 0.15) is 5.60 Å². The van der Waals surface area contributed by atoms with Crippen LogP contribution in [0, 0.1) is 10.8 Å². The molecule has 0 bridgehead atoms. The topological polar surface area (TPSA) is 68.3 Å². The fourth-order valence-electron chi connectivity index (χ4n) is 2.88. The van der Waals surface area contributed by atoms with E-state index in [9.17, 15) is 0 Å². The van der Waals surface area contributed by atoms with Gasteiger partial charge < -0.3 is 15.2 Å². The van der Waals surface area contributed by atoms with Crippen LogP contribution in [0.15, 0.2) is 18.2 Å². The summed E-state index contributed by atoms with van der Waals surface area (Å²) in [6.07, 6.45) is 3.73. The van der Waals surface area contributed by atoms with Crippen molar-refractivity contribution in [3.05, 3.63) is 23.8 Å². The fourth-order valence-corrected chi connectivity index (χ4v) is 2.88. The fraction of sp³-hybridized carbons (Fsp3) is 0.562. The van der Waals surface area contributed by atoms with E-state index in [1.165, 1.54) is 5.56 Å². The lowest BCUT2D eigenvalue weighted by Gasteiger charge is -2.20. The third-order valence-electron chi connectivity index (χ3n) is 4.11. The standard InChI is InChI=1S/C16H22N2O2/c1-15(2)8-11-4-3-5-12(14(11)20-15)19-10-16(6-7-16)9-13(17)18/h3-5H,6-10H2,1-2H3,(H3,17,18). The molecule has 0 radical (unpaired) electrons. The first-order chi connectivity index (χ1) is 9.39. The number of para-hydroxylation sites is 1. The van der Waals surface area contributed by atoms with Gasteiger partial charge in [-0.1, -0.05) is 12.1 Å². The minimum atomic E-state index is -0.154. The van der Waals surface area contributed by atoms with Crippen LogP contribution in [0.4, 0.5) is 0 Å². The van der Waals surface area contributed by atoms with Gasteiger partial charge in [-0.3, -0.25) is 5.41 Å². The minimum Gasteiger partial charge on any atom is -0.489 e. The van der Waals surface area contributed by atoms with E-state index in [2.05, 4.69) is 19.9 Å². The summed E-state index contributed by atoms with van der Waals surface area (Å²) in [4.78, 5) is 0. The highest BCUT2D eigenvalue weighted by Crippen LogP contribution is 2.50. The molecule has 1 heterocycles. The molecule has 108 valence electrons. The highest BCUT2D eigenvalue weighted by Gasteiger charge is 2.44. The molecule has 20 heavy (non-hydrogen) atoms. The van der Waals surface area contributed by atoms with Crippen molar-refractivity contribution in [1.82, 2.24) is 0 Å². The second-order valence-corrected chi connectivity index (χ2v) is 6.77. The van der Waals surface area contributed by atoms with E-state index in [0.29, 0.717) is 13.0 Å². The molecule has 4 heteroatoms. The Hall–Kier alpha value is -1.71. The Morgan fingerprint density at radius 1 is 1.40 bits per heavy atom. The first-order valence-electron chi connectivity index (χ1n) is 7.16. The summed E-state index contributed by atoms with van der Waals surface area (Å²) in [6.45, 7) is 4.80. The van der Waals surface area contributed by atoms with E-state index < -0.39 is 0 Å². The number of rotatable bonds is 5. The zero-order valence-electron chi connectivity index (χ0n) is 12.2. The number of ether oxygens (including phenoxy) is 2. The number of hydrogen-bond donors (Lipinski definition) is 2. The van der Waals surface area contributed by atoms with Crippen molar-refractivity contribution in [3.63, 3.8) is 0 Å². The maximum absolute atomic E-state index is 7.45. The van der Waals surface area contributed by atoms with Gasteiger partial charge in [-0.15, -0.1) is 0 Å². The predicted molar refractivity (Wildman–Crippen MR) is 78.5 cm³/mol. The van der Waals surface area contributed by atoms with Gasteiger partial charge >= 0.3 is 0 Å². The van der Waals surface area contributed by atoms with Crippen LogP contribution in [0.3, 0.4) is 0 Å². The van der Waals surface area contributed by atoms with Crippen LogP contribution in [0.5, 0.6) is 11.5 Å². The SMILES string of the molecule is CC1(C)Cc2cccc(OCC3(CC(=N)N)CC3)c2O1. The van der Waals surface area contributed by atoms with Crippen molar-refractivity contribution < 1.29 is 9.47 Å². The summed E-state index contributed by atoms with van der Waals surface area (Å²) >= 11 is 0. The Balaban J connectivity index is 1.71. The monoisotopic (exact) mass is 274 g/mol. The number of benzene rings is 1. The van der Waals surface area contributed by atoms with E-state index in [0.717, 1.165) is 30.8 Å². The summed E-state index contributed by atoms with van der Waals surface area (Å²) in [7, 11) is 0. The van der Waals surface area contributed by atoms with Gasteiger partial charge in [0, 0.05) is 23.8 Å². The Labute approximate surface area is 119 Å². The number of hydrogen-bond acceptors (Lipinski definition) is 3. The van der Waals surface area contributed by atoms with Crippen LogP contribution in [-0.2, 0) is 6.42 Å². The average Bonchev–Trinajstić information content (AvgIpc) is 3.00. The van der Waals surface area contributed by atoms with Crippen molar-refractivity contribution >= 4 is 5.84 Å². The van der Waals surface area contributed by atoms with Gasteiger partial charge in [0.2, 0.25) is 0 Å². The van der Waals surface area contributed by atoms with Crippen molar-refractivity contribution in [2.24, 2.45) is 11.1 Å². The maximum Gasteiger partial charge on any atom is 0.165 e. The van der Waals surface area contributed by atoms with Gasteiger partial charge in [0.05, 0.1) is 12.4 Å². The smallest absolute Gasteiger partial charge is 0.165 e. The molecular weight excluding hydrogens is 252 g/mol. The minimum absolute atomic E-state index is 0.0860. The largest absolute Gasteiger partial charge is 0.489 e. The predicted octanol–water partition coefficient (Wildman–Crippen LogP) is 2.89. The van der Waals surface area contributed by atoms with Crippen molar-refractivity contribution in [3.8, 4) is 11.5 Å². The van der Waals surface area contributed by atoms with Crippen LogP contribution in [0.25, 0.3) is 0 Å². The van der Waals surface area contributed by atoms with Gasteiger partial charge in [-0.05, 0) is 32.8 Å². The van der Waals surface area contributed by atoms with Crippen LogP contribution >= 0.6 is 0 Å². The molecular formula is C16H22N2O2. The third kappa shape index (κ3) is 2.60. The number of nitrogens with two attached hydrogens (primary N) is 1. The van der Waals surface area contributed by atoms with E-state index in [-0.39, 0.29) is 16.9 Å². The normalized spacial score (nSPS) is 20.9. The molecule has 0 unspecified atom stereocenters. The Bertz CT molecular complexity index is 547. The summed E-state index contributed by atoms with van der Waals surface area (Å²) in [5, 5.41) is 7.45. The molecule has 0 atom stereocenters. The van der Waals surface area contributed by atoms with Crippen LogP contribution in [-0.4, -0.2) is 18.0 Å². The maximum atomic E-state index is 7.45. The molecule has 0 aromatic heterocycles. The van der Waals surface area contributed by atoms with Crippen molar-refractivity contribution in [2.45, 2.75) is 45.1 Å². The van der Waals surface area contributed by atoms with Crippen molar-refractivity contribution in [1.29, 1.82) is 5.41 Å². The highest BCUT2D eigenvalue weighted by atomic mass is 16.5. The second kappa shape index (κ2) is 4.40. The summed E-state index contributed by atoms with van der Waals surface area (Å²) in [5.41, 5.74) is 6.66. The quantitative estimate of drug-likeness (QED) is 0.641. The Morgan fingerprint density at radius 3 is 2.80 bits per heavy atom. The second-order valence-electron chi connectivity index (χ2n) is 6.77. The Kier molecular flexibility index (Phi) is 2.92. The van der Waals surface area contributed by atoms with Crippen LogP contribution in [0.2, 0.25) is 0 Å². The summed E-state index contributed by atoms with van der Waals surface area (Å²) < 4.78 is 12.0. The number of nitrogens with one attached hydrogen (secondary N) is 1. The van der Waals surface area contributed by atoms with E-state index >= 15 is 0 Å². The number of amidine groups is 1. The molecule has 1 saturated carbocycles. The summed E-state index contributed by atoms with van der Waals surface area (Å²) in [5.74, 6) is 1.96. The van der Waals surface area contributed by atoms with Crippen LogP contribution < -0.4 is 15.2 Å². The molecule has 4 nitrogen and oxygen atoms in total.